The number of carbonyl (C=O) groups excluding carboxylic acids is 2. The highest BCUT2D eigenvalue weighted by Crippen LogP contribution is 2.46. The number of nitrogens with one attached hydrogen (secondary N) is 1. The first-order chi connectivity index (χ1) is 18.9. The van der Waals surface area contributed by atoms with Crippen molar-refractivity contribution >= 4 is 28.3 Å². The van der Waals surface area contributed by atoms with Gasteiger partial charge < -0.3 is 15.1 Å². The topological polar surface area (TPSA) is 96.2 Å². The molecule has 1 saturated carbocycles. The van der Waals surface area contributed by atoms with Gasteiger partial charge in [-0.25, -0.2) is 4.98 Å². The second-order valence-corrected chi connectivity index (χ2v) is 12.3. The lowest BCUT2D eigenvalue weighted by atomic mass is 9.84. The van der Waals surface area contributed by atoms with Gasteiger partial charge in [-0.15, -0.1) is 0 Å². The summed E-state index contributed by atoms with van der Waals surface area (Å²) in [6.45, 7) is 3.63. The predicted octanol–water partition coefficient (Wildman–Crippen LogP) is 4.41. The van der Waals surface area contributed by atoms with E-state index < -0.39 is 0 Å². The summed E-state index contributed by atoms with van der Waals surface area (Å²) >= 11 is 1.53. The van der Waals surface area contributed by atoms with Crippen LogP contribution >= 0.6 is 11.3 Å². The molecule has 3 aromatic heterocycles. The molecule has 0 unspecified atom stereocenters. The van der Waals surface area contributed by atoms with Crippen LogP contribution in [0.15, 0.2) is 24.5 Å². The van der Waals surface area contributed by atoms with E-state index in [2.05, 4.69) is 33.0 Å². The minimum absolute atomic E-state index is 0.0837. The minimum Gasteiger partial charge on any atom is -0.342 e. The number of thiazole rings is 1. The van der Waals surface area contributed by atoms with E-state index in [0.717, 1.165) is 92.0 Å². The molecule has 2 aliphatic carbocycles. The number of carbonyl (C=O) groups is 2. The lowest BCUT2D eigenvalue weighted by Gasteiger charge is -2.38. The standard InChI is InChI=1S/C29H37N7O2S/c1-18(37)31-29-32-24-11-10-23-25(20-5-4-14-30-17-20)33-36(26(23)27(24)39-29)22-8-6-19(7-9-22)28(38)35(3)21-12-15-34(2)16-13-21/h4-5,14,17,19,21-22H,6-13,15-16H2,1-3H3,(H,31,32,37)/t19-,22-. The smallest absolute Gasteiger partial charge is 0.225 e. The number of fused-ring (bicyclic) bond motifs is 3. The molecule has 3 aliphatic rings. The zero-order valence-electron chi connectivity index (χ0n) is 23.0. The molecule has 0 aromatic carbocycles. The van der Waals surface area contributed by atoms with Crippen molar-refractivity contribution in [2.45, 2.75) is 70.4 Å². The fourth-order valence-corrected chi connectivity index (χ4v) is 7.64. The van der Waals surface area contributed by atoms with Crippen LogP contribution in [0.5, 0.6) is 0 Å². The summed E-state index contributed by atoms with van der Waals surface area (Å²) in [6.07, 6.45) is 11.1. The molecule has 39 heavy (non-hydrogen) atoms. The van der Waals surface area contributed by atoms with Gasteiger partial charge in [-0.1, -0.05) is 11.3 Å². The van der Waals surface area contributed by atoms with Crippen LogP contribution in [0.3, 0.4) is 0 Å². The van der Waals surface area contributed by atoms with Crippen molar-refractivity contribution in [3.63, 3.8) is 0 Å². The molecular weight excluding hydrogens is 510 g/mol. The molecule has 1 N–H and O–H groups in total. The number of aryl methyl sites for hydroxylation is 1. The van der Waals surface area contributed by atoms with Gasteiger partial charge in [0.1, 0.15) is 0 Å². The Kier molecular flexibility index (Phi) is 7.24. The van der Waals surface area contributed by atoms with Crippen molar-refractivity contribution in [1.82, 2.24) is 29.5 Å². The molecule has 2 fully saturated rings. The first-order valence-corrected chi connectivity index (χ1v) is 14.9. The molecule has 1 saturated heterocycles. The number of likely N-dealkylation sites (tertiary alicyclic amines) is 1. The maximum Gasteiger partial charge on any atom is 0.225 e. The van der Waals surface area contributed by atoms with Crippen LogP contribution in [0.4, 0.5) is 5.13 Å². The van der Waals surface area contributed by atoms with Crippen LogP contribution < -0.4 is 5.32 Å². The molecule has 0 spiro atoms. The quantitative estimate of drug-likeness (QED) is 0.508. The third-order valence-electron chi connectivity index (χ3n) is 8.73. The average Bonchev–Trinajstić information content (AvgIpc) is 3.54. The SMILES string of the molecule is CC(=O)Nc1nc2c(s1)-c1c(c(-c3cccnc3)nn1[C@H]1CC[C@H](C(=O)N(C)C3CCN(C)CC3)CC1)CC2. The van der Waals surface area contributed by atoms with Crippen molar-refractivity contribution in [1.29, 1.82) is 0 Å². The second-order valence-electron chi connectivity index (χ2n) is 11.3. The Balaban J connectivity index is 1.26. The van der Waals surface area contributed by atoms with E-state index >= 15 is 0 Å². The lowest BCUT2D eigenvalue weighted by molar-refractivity contribution is -0.138. The highest BCUT2D eigenvalue weighted by Gasteiger charge is 2.36. The number of pyridine rings is 1. The zero-order valence-corrected chi connectivity index (χ0v) is 23.8. The molecule has 3 aromatic rings. The van der Waals surface area contributed by atoms with E-state index in [9.17, 15) is 9.59 Å². The number of aromatic nitrogens is 4. The summed E-state index contributed by atoms with van der Waals surface area (Å²) < 4.78 is 2.22. The highest BCUT2D eigenvalue weighted by atomic mass is 32.1. The van der Waals surface area contributed by atoms with Crippen LogP contribution in [0.1, 0.15) is 62.7 Å². The first-order valence-electron chi connectivity index (χ1n) is 14.1. The molecule has 0 atom stereocenters. The van der Waals surface area contributed by atoms with Gasteiger partial charge in [-0.2, -0.15) is 5.10 Å². The molecule has 0 bridgehead atoms. The number of amides is 2. The molecule has 4 heterocycles. The Labute approximate surface area is 233 Å². The molecule has 1 aliphatic heterocycles. The Bertz CT molecular complexity index is 1350. The van der Waals surface area contributed by atoms with E-state index in [1.807, 2.05) is 24.2 Å². The average molecular weight is 548 g/mol. The molecule has 6 rings (SSSR count). The van der Waals surface area contributed by atoms with Gasteiger partial charge in [0.05, 0.1) is 28.0 Å². The summed E-state index contributed by atoms with van der Waals surface area (Å²) in [4.78, 5) is 39.7. The van der Waals surface area contributed by atoms with Crippen molar-refractivity contribution in [3.8, 4) is 21.8 Å². The number of rotatable bonds is 5. The Morgan fingerprint density at radius 3 is 2.56 bits per heavy atom. The third-order valence-corrected chi connectivity index (χ3v) is 9.75. The maximum absolute atomic E-state index is 13.4. The number of hydrogen-bond donors (Lipinski definition) is 1. The van der Waals surface area contributed by atoms with Crippen molar-refractivity contribution in [2.24, 2.45) is 5.92 Å². The number of piperidine rings is 1. The highest BCUT2D eigenvalue weighted by molar-refractivity contribution is 7.19. The van der Waals surface area contributed by atoms with Gasteiger partial charge in [0.2, 0.25) is 11.8 Å². The summed E-state index contributed by atoms with van der Waals surface area (Å²) in [5.74, 6) is 0.283. The molecule has 10 heteroatoms. The van der Waals surface area contributed by atoms with Gasteiger partial charge >= 0.3 is 0 Å². The second kappa shape index (κ2) is 10.8. The third kappa shape index (κ3) is 5.12. The Hall–Kier alpha value is -3.11. The van der Waals surface area contributed by atoms with E-state index in [4.69, 9.17) is 10.1 Å². The van der Waals surface area contributed by atoms with Crippen molar-refractivity contribution < 1.29 is 9.59 Å². The summed E-state index contributed by atoms with van der Waals surface area (Å²) in [5.41, 5.74) is 5.39. The van der Waals surface area contributed by atoms with Crippen molar-refractivity contribution in [3.05, 3.63) is 35.8 Å². The van der Waals surface area contributed by atoms with Gasteiger partial charge in [0, 0.05) is 49.5 Å². The Morgan fingerprint density at radius 2 is 1.87 bits per heavy atom. The van der Waals surface area contributed by atoms with Gasteiger partial charge in [-0.05, 0) is 83.6 Å². The van der Waals surface area contributed by atoms with Crippen molar-refractivity contribution in [2.75, 3.05) is 32.5 Å². The normalized spacial score (nSPS) is 21.7. The molecule has 2 amide bonds. The van der Waals surface area contributed by atoms with Crippen LogP contribution in [-0.2, 0) is 22.4 Å². The zero-order chi connectivity index (χ0) is 27.1. The van der Waals surface area contributed by atoms with Crippen LogP contribution in [0, 0.1) is 5.92 Å². The van der Waals surface area contributed by atoms with Gasteiger partial charge in [0.15, 0.2) is 5.13 Å². The number of anilines is 1. The summed E-state index contributed by atoms with van der Waals surface area (Å²) in [7, 11) is 4.16. The number of nitrogens with zero attached hydrogens (tertiary/aromatic N) is 6. The number of hydrogen-bond acceptors (Lipinski definition) is 7. The fraction of sp³-hybridized carbons (Fsp3) is 0.552. The summed E-state index contributed by atoms with van der Waals surface area (Å²) in [6, 6.07) is 4.60. The molecular formula is C29H37N7O2S. The molecule has 0 radical (unpaired) electrons. The van der Waals surface area contributed by atoms with E-state index in [1.54, 1.807) is 6.20 Å². The van der Waals surface area contributed by atoms with Crippen LogP contribution in [-0.4, -0.2) is 74.6 Å². The van der Waals surface area contributed by atoms with E-state index in [-0.39, 0.29) is 17.9 Å². The lowest BCUT2D eigenvalue weighted by Crippen LogP contribution is -2.46. The predicted molar refractivity (Wildman–Crippen MR) is 153 cm³/mol. The van der Waals surface area contributed by atoms with E-state index in [0.29, 0.717) is 17.1 Å². The molecule has 9 nitrogen and oxygen atoms in total. The van der Waals surface area contributed by atoms with Crippen LogP contribution in [0.25, 0.3) is 21.8 Å². The fourth-order valence-electron chi connectivity index (χ4n) is 6.52. The maximum atomic E-state index is 13.4. The van der Waals surface area contributed by atoms with E-state index in [1.165, 1.54) is 23.8 Å². The minimum atomic E-state index is -0.112. The molecule has 206 valence electrons. The summed E-state index contributed by atoms with van der Waals surface area (Å²) in [5, 5.41) is 8.72. The van der Waals surface area contributed by atoms with Crippen LogP contribution in [0.2, 0.25) is 0 Å². The largest absolute Gasteiger partial charge is 0.342 e. The van der Waals surface area contributed by atoms with Gasteiger partial charge in [0.25, 0.3) is 0 Å². The van der Waals surface area contributed by atoms with Gasteiger partial charge in [-0.3, -0.25) is 19.3 Å². The monoisotopic (exact) mass is 547 g/mol. The first kappa shape index (κ1) is 26.1. The Morgan fingerprint density at radius 1 is 1.10 bits per heavy atom.